The van der Waals surface area contributed by atoms with Crippen molar-refractivity contribution in [3.05, 3.63) is 102 Å². The second-order valence-electron chi connectivity index (χ2n) is 6.44. The Bertz CT molecular complexity index is 1200. The first-order chi connectivity index (χ1) is 14.6. The van der Waals surface area contributed by atoms with Crippen molar-refractivity contribution in [1.82, 2.24) is 15.2 Å². The highest BCUT2D eigenvalue weighted by Gasteiger charge is 2.12. The molecule has 0 aliphatic heterocycles. The largest absolute Gasteiger partial charge is 0.507 e. The molecule has 0 atom stereocenters. The zero-order valence-corrected chi connectivity index (χ0v) is 15.7. The maximum Gasteiger partial charge on any atom is 0.275 e. The number of nitrogens with zero attached hydrogens (tertiary/aromatic N) is 3. The van der Waals surface area contributed by atoms with Gasteiger partial charge in [-0.2, -0.15) is 10.2 Å². The topological polar surface area (TPSA) is 79.5 Å². The summed E-state index contributed by atoms with van der Waals surface area (Å²) in [5.74, 6) is -1.01. The van der Waals surface area contributed by atoms with E-state index in [-0.39, 0.29) is 17.1 Å². The van der Waals surface area contributed by atoms with Gasteiger partial charge < -0.3 is 5.11 Å². The van der Waals surface area contributed by atoms with Crippen LogP contribution in [0.15, 0.2) is 90.2 Å². The molecule has 2 N–H and O–H groups in total. The fraction of sp³-hybridized carbons (Fsp3) is 0. The van der Waals surface area contributed by atoms with Crippen LogP contribution in [0.3, 0.4) is 0 Å². The van der Waals surface area contributed by atoms with Gasteiger partial charge in [-0.25, -0.2) is 14.5 Å². The van der Waals surface area contributed by atoms with Crippen molar-refractivity contribution in [2.45, 2.75) is 0 Å². The van der Waals surface area contributed by atoms with E-state index in [0.717, 1.165) is 5.69 Å². The van der Waals surface area contributed by atoms with Gasteiger partial charge in [0, 0.05) is 17.3 Å². The normalized spacial score (nSPS) is 11.0. The first-order valence-corrected chi connectivity index (χ1v) is 9.14. The van der Waals surface area contributed by atoms with Crippen LogP contribution in [-0.4, -0.2) is 27.0 Å². The maximum absolute atomic E-state index is 13.3. The lowest BCUT2D eigenvalue weighted by molar-refractivity contribution is 0.0952. The van der Waals surface area contributed by atoms with E-state index in [9.17, 15) is 14.3 Å². The van der Waals surface area contributed by atoms with Gasteiger partial charge in [-0.15, -0.1) is 0 Å². The van der Waals surface area contributed by atoms with Crippen LogP contribution < -0.4 is 5.43 Å². The zero-order valence-electron chi connectivity index (χ0n) is 15.7. The summed E-state index contributed by atoms with van der Waals surface area (Å²) in [6.07, 6.45) is 3.23. The summed E-state index contributed by atoms with van der Waals surface area (Å²) in [5, 5.41) is 18.4. The Morgan fingerprint density at radius 3 is 2.43 bits per heavy atom. The Kier molecular flexibility index (Phi) is 5.34. The lowest BCUT2D eigenvalue weighted by Crippen LogP contribution is -2.17. The van der Waals surface area contributed by atoms with E-state index >= 15 is 0 Å². The van der Waals surface area contributed by atoms with Crippen molar-refractivity contribution in [1.29, 1.82) is 0 Å². The van der Waals surface area contributed by atoms with Crippen LogP contribution in [0, 0.1) is 5.82 Å². The van der Waals surface area contributed by atoms with Gasteiger partial charge in [0.1, 0.15) is 17.3 Å². The van der Waals surface area contributed by atoms with Gasteiger partial charge >= 0.3 is 0 Å². The highest BCUT2D eigenvalue weighted by molar-refractivity contribution is 5.97. The summed E-state index contributed by atoms with van der Waals surface area (Å²) < 4.78 is 15.0. The quantitative estimate of drug-likeness (QED) is 0.390. The number of nitrogens with one attached hydrogen (secondary N) is 1. The number of benzene rings is 3. The summed E-state index contributed by atoms with van der Waals surface area (Å²) >= 11 is 0. The van der Waals surface area contributed by atoms with E-state index in [4.69, 9.17) is 0 Å². The minimum absolute atomic E-state index is 0.119. The Hall–Kier alpha value is -4.26. The molecule has 6 nitrogen and oxygen atoms in total. The van der Waals surface area contributed by atoms with Gasteiger partial charge in [0.05, 0.1) is 17.5 Å². The van der Waals surface area contributed by atoms with E-state index < -0.39 is 5.91 Å². The fourth-order valence-corrected chi connectivity index (χ4v) is 2.91. The molecule has 0 saturated carbocycles. The molecule has 0 fully saturated rings. The van der Waals surface area contributed by atoms with Crippen LogP contribution in [0.4, 0.5) is 4.39 Å². The number of hydrogen-bond acceptors (Lipinski definition) is 4. The van der Waals surface area contributed by atoms with Crippen LogP contribution in [0.2, 0.25) is 0 Å². The third-order valence-electron chi connectivity index (χ3n) is 4.40. The maximum atomic E-state index is 13.3. The van der Waals surface area contributed by atoms with Crippen LogP contribution in [0.5, 0.6) is 5.75 Å². The van der Waals surface area contributed by atoms with Crippen LogP contribution in [-0.2, 0) is 0 Å². The standard InChI is InChI=1S/C23H17FN4O2/c24-18-12-10-16(11-13-18)22-17(15-28(27-22)19-6-2-1-3-7-19)14-25-26-23(30)20-8-4-5-9-21(20)29/h1-15,29H,(H,26,30)/b25-14+. The number of aromatic nitrogens is 2. The molecule has 3 aromatic carbocycles. The first-order valence-electron chi connectivity index (χ1n) is 9.14. The summed E-state index contributed by atoms with van der Waals surface area (Å²) in [5.41, 5.74) is 5.28. The number of phenols is 1. The van der Waals surface area contributed by atoms with Crippen molar-refractivity contribution in [2.24, 2.45) is 5.10 Å². The molecule has 0 bridgehead atoms. The minimum atomic E-state index is -0.539. The number of carbonyl (C=O) groups excluding carboxylic acids is 1. The molecular weight excluding hydrogens is 383 g/mol. The molecule has 0 aliphatic rings. The molecule has 1 amide bonds. The second-order valence-corrected chi connectivity index (χ2v) is 6.44. The van der Waals surface area contributed by atoms with Crippen molar-refractivity contribution in [3.8, 4) is 22.7 Å². The molecule has 0 radical (unpaired) electrons. The predicted octanol–water partition coefficient (Wildman–Crippen LogP) is 4.15. The Balaban J connectivity index is 1.65. The number of amides is 1. The molecular formula is C23H17FN4O2. The number of phenolic OH excluding ortho intramolecular Hbond substituents is 1. The molecule has 148 valence electrons. The molecule has 1 aromatic heterocycles. The van der Waals surface area contributed by atoms with Crippen molar-refractivity contribution >= 4 is 12.1 Å². The molecule has 4 rings (SSSR count). The molecule has 0 saturated heterocycles. The van der Waals surface area contributed by atoms with Crippen LogP contribution in [0.1, 0.15) is 15.9 Å². The zero-order chi connectivity index (χ0) is 20.9. The predicted molar refractivity (Wildman–Crippen MR) is 112 cm³/mol. The number of halogens is 1. The van der Waals surface area contributed by atoms with E-state index in [1.807, 2.05) is 30.3 Å². The number of carbonyl (C=O) groups is 1. The number of aromatic hydroxyl groups is 1. The summed E-state index contributed by atoms with van der Waals surface area (Å²) in [7, 11) is 0. The third-order valence-corrected chi connectivity index (χ3v) is 4.40. The Morgan fingerprint density at radius 2 is 1.70 bits per heavy atom. The number of para-hydroxylation sites is 2. The summed E-state index contributed by atoms with van der Waals surface area (Å²) in [6.45, 7) is 0. The number of hydrazone groups is 1. The van der Waals surface area contributed by atoms with Crippen LogP contribution in [0.25, 0.3) is 16.9 Å². The molecule has 0 spiro atoms. The second kappa shape index (κ2) is 8.40. The van der Waals surface area contributed by atoms with Gasteiger partial charge in [-0.05, 0) is 48.5 Å². The molecule has 30 heavy (non-hydrogen) atoms. The fourth-order valence-electron chi connectivity index (χ4n) is 2.91. The number of rotatable bonds is 5. The van der Waals surface area contributed by atoms with Crippen molar-refractivity contribution in [2.75, 3.05) is 0 Å². The average Bonchev–Trinajstić information content (AvgIpc) is 3.19. The van der Waals surface area contributed by atoms with Gasteiger partial charge in [0.2, 0.25) is 0 Å². The van der Waals surface area contributed by atoms with E-state index in [1.54, 1.807) is 35.1 Å². The molecule has 4 aromatic rings. The van der Waals surface area contributed by atoms with Gasteiger partial charge in [-0.1, -0.05) is 30.3 Å². The van der Waals surface area contributed by atoms with Gasteiger partial charge in [0.15, 0.2) is 0 Å². The van der Waals surface area contributed by atoms with Crippen molar-refractivity contribution < 1.29 is 14.3 Å². The summed E-state index contributed by atoms with van der Waals surface area (Å²) in [6, 6.07) is 21.7. The van der Waals surface area contributed by atoms with Gasteiger partial charge in [-0.3, -0.25) is 4.79 Å². The molecule has 0 aliphatic carbocycles. The Labute approximate surface area is 171 Å². The summed E-state index contributed by atoms with van der Waals surface area (Å²) in [4.78, 5) is 12.2. The van der Waals surface area contributed by atoms with Crippen LogP contribution >= 0.6 is 0 Å². The molecule has 0 unspecified atom stereocenters. The smallest absolute Gasteiger partial charge is 0.275 e. The monoisotopic (exact) mass is 400 g/mol. The SMILES string of the molecule is O=C(N/N=C/c1cn(-c2ccccc2)nc1-c1ccc(F)cc1)c1ccccc1O. The first kappa shape index (κ1) is 19.1. The molecule has 1 heterocycles. The lowest BCUT2D eigenvalue weighted by atomic mass is 10.1. The lowest BCUT2D eigenvalue weighted by Gasteiger charge is -2.02. The molecule has 7 heteroatoms. The van der Waals surface area contributed by atoms with E-state index in [0.29, 0.717) is 16.8 Å². The minimum Gasteiger partial charge on any atom is -0.507 e. The average molecular weight is 400 g/mol. The van der Waals surface area contributed by atoms with E-state index in [2.05, 4.69) is 15.6 Å². The third kappa shape index (κ3) is 4.10. The highest BCUT2D eigenvalue weighted by Crippen LogP contribution is 2.23. The number of hydrogen-bond donors (Lipinski definition) is 2. The van der Waals surface area contributed by atoms with Crippen molar-refractivity contribution in [3.63, 3.8) is 0 Å². The van der Waals surface area contributed by atoms with E-state index in [1.165, 1.54) is 30.5 Å². The Morgan fingerprint density at radius 1 is 1.00 bits per heavy atom. The van der Waals surface area contributed by atoms with Gasteiger partial charge in [0.25, 0.3) is 5.91 Å². The highest BCUT2D eigenvalue weighted by atomic mass is 19.1.